The molecule has 1 saturated carbocycles. The van der Waals surface area contributed by atoms with Crippen molar-refractivity contribution in [2.45, 2.75) is 39.7 Å². The van der Waals surface area contributed by atoms with Crippen molar-refractivity contribution in [3.8, 4) is 0 Å². The molecule has 1 fully saturated rings. The number of carboxylic acid groups (broad SMARTS) is 1. The minimum absolute atomic E-state index is 0.107. The standard InChI is InChI=1S/C13H24N2O4/c1-4-19-10(5-11(16)17)8-15-12(18)14-7-9-6-13(9,2)3/h9-10H,4-8H2,1-3H3,(H,16,17)(H2,14,15,18). The summed E-state index contributed by atoms with van der Waals surface area (Å²) >= 11 is 0. The van der Waals surface area contributed by atoms with E-state index in [1.807, 2.05) is 0 Å². The van der Waals surface area contributed by atoms with Gasteiger partial charge in [0.1, 0.15) is 0 Å². The van der Waals surface area contributed by atoms with Crippen molar-refractivity contribution >= 4 is 12.0 Å². The molecule has 19 heavy (non-hydrogen) atoms. The van der Waals surface area contributed by atoms with Crippen LogP contribution in [-0.4, -0.2) is 42.9 Å². The fourth-order valence-corrected chi connectivity index (χ4v) is 2.03. The Balaban J connectivity index is 2.18. The molecule has 110 valence electrons. The van der Waals surface area contributed by atoms with E-state index in [4.69, 9.17) is 9.84 Å². The predicted molar refractivity (Wildman–Crippen MR) is 71.0 cm³/mol. The summed E-state index contributed by atoms with van der Waals surface area (Å²) in [6.07, 6.45) is 0.545. The molecule has 6 heteroatoms. The first kappa shape index (κ1) is 15.8. The highest BCUT2D eigenvalue weighted by atomic mass is 16.5. The maximum absolute atomic E-state index is 11.6. The van der Waals surface area contributed by atoms with E-state index in [-0.39, 0.29) is 19.0 Å². The minimum Gasteiger partial charge on any atom is -0.481 e. The van der Waals surface area contributed by atoms with E-state index >= 15 is 0 Å². The number of hydrogen-bond donors (Lipinski definition) is 3. The zero-order valence-corrected chi connectivity index (χ0v) is 11.9. The van der Waals surface area contributed by atoms with E-state index in [2.05, 4.69) is 24.5 Å². The van der Waals surface area contributed by atoms with Gasteiger partial charge in [-0.25, -0.2) is 4.79 Å². The average molecular weight is 272 g/mol. The van der Waals surface area contributed by atoms with E-state index in [0.29, 0.717) is 24.5 Å². The summed E-state index contributed by atoms with van der Waals surface area (Å²) in [6, 6.07) is -0.266. The van der Waals surface area contributed by atoms with E-state index in [1.54, 1.807) is 6.92 Å². The Morgan fingerprint density at radius 2 is 2.05 bits per heavy atom. The van der Waals surface area contributed by atoms with Crippen LogP contribution in [0.3, 0.4) is 0 Å². The molecule has 2 atom stereocenters. The first-order valence-corrected chi connectivity index (χ1v) is 6.70. The van der Waals surface area contributed by atoms with Crippen LogP contribution in [0.25, 0.3) is 0 Å². The number of nitrogens with one attached hydrogen (secondary N) is 2. The molecule has 0 spiro atoms. The van der Waals surface area contributed by atoms with Gasteiger partial charge in [-0.3, -0.25) is 4.79 Å². The molecule has 0 aromatic heterocycles. The van der Waals surface area contributed by atoms with Gasteiger partial charge in [0, 0.05) is 19.7 Å². The quantitative estimate of drug-likeness (QED) is 0.620. The van der Waals surface area contributed by atoms with Crippen molar-refractivity contribution in [2.75, 3.05) is 19.7 Å². The second-order valence-corrected chi connectivity index (χ2v) is 5.66. The zero-order valence-electron chi connectivity index (χ0n) is 11.9. The van der Waals surface area contributed by atoms with Crippen LogP contribution in [0.5, 0.6) is 0 Å². The van der Waals surface area contributed by atoms with Crippen molar-refractivity contribution in [3.63, 3.8) is 0 Å². The van der Waals surface area contributed by atoms with E-state index < -0.39 is 12.1 Å². The van der Waals surface area contributed by atoms with Gasteiger partial charge in [0.2, 0.25) is 0 Å². The van der Waals surface area contributed by atoms with Gasteiger partial charge in [-0.15, -0.1) is 0 Å². The highest BCUT2D eigenvalue weighted by Gasteiger charge is 2.45. The highest BCUT2D eigenvalue weighted by molar-refractivity contribution is 5.74. The zero-order chi connectivity index (χ0) is 14.5. The molecule has 0 aliphatic heterocycles. The van der Waals surface area contributed by atoms with Gasteiger partial charge >= 0.3 is 12.0 Å². The molecule has 1 aliphatic rings. The summed E-state index contributed by atoms with van der Waals surface area (Å²) in [6.45, 7) is 7.45. The Morgan fingerprint density at radius 3 is 2.53 bits per heavy atom. The molecule has 0 aromatic rings. The van der Waals surface area contributed by atoms with Crippen LogP contribution in [0.2, 0.25) is 0 Å². The summed E-state index contributed by atoms with van der Waals surface area (Å²) in [4.78, 5) is 22.2. The van der Waals surface area contributed by atoms with E-state index in [0.717, 1.165) is 6.42 Å². The number of rotatable bonds is 8. The van der Waals surface area contributed by atoms with Crippen LogP contribution in [0, 0.1) is 11.3 Å². The van der Waals surface area contributed by atoms with Crippen LogP contribution in [0.4, 0.5) is 4.79 Å². The fraction of sp³-hybridized carbons (Fsp3) is 0.846. The molecule has 2 amide bonds. The van der Waals surface area contributed by atoms with Crippen molar-refractivity contribution in [1.29, 1.82) is 0 Å². The molecule has 0 heterocycles. The third-order valence-electron chi connectivity index (χ3n) is 3.52. The number of aliphatic carboxylic acids is 1. The Bertz CT molecular complexity index is 331. The highest BCUT2D eigenvalue weighted by Crippen LogP contribution is 2.50. The Hall–Kier alpha value is -1.30. The van der Waals surface area contributed by atoms with Crippen molar-refractivity contribution < 1.29 is 19.4 Å². The number of carboxylic acids is 1. The fourth-order valence-electron chi connectivity index (χ4n) is 2.03. The number of amides is 2. The van der Waals surface area contributed by atoms with Crippen LogP contribution < -0.4 is 10.6 Å². The Morgan fingerprint density at radius 1 is 1.42 bits per heavy atom. The number of carbonyl (C=O) groups is 2. The molecule has 1 rings (SSSR count). The second kappa shape index (κ2) is 6.75. The van der Waals surface area contributed by atoms with Crippen LogP contribution in [-0.2, 0) is 9.53 Å². The normalized spacial score (nSPS) is 21.5. The van der Waals surface area contributed by atoms with Gasteiger partial charge < -0.3 is 20.5 Å². The lowest BCUT2D eigenvalue weighted by molar-refractivity contribution is -0.140. The van der Waals surface area contributed by atoms with Crippen LogP contribution in [0.15, 0.2) is 0 Å². The average Bonchev–Trinajstić information content (AvgIpc) is 2.91. The van der Waals surface area contributed by atoms with E-state index in [9.17, 15) is 9.59 Å². The van der Waals surface area contributed by atoms with Gasteiger partial charge in [0.15, 0.2) is 0 Å². The lowest BCUT2D eigenvalue weighted by Gasteiger charge is -2.16. The first-order valence-electron chi connectivity index (χ1n) is 6.70. The lowest BCUT2D eigenvalue weighted by Crippen LogP contribution is -2.42. The molecule has 3 N–H and O–H groups in total. The SMILES string of the molecule is CCOC(CNC(=O)NCC1CC1(C)C)CC(=O)O. The molecule has 1 aliphatic carbocycles. The molecule has 0 bridgehead atoms. The number of ether oxygens (including phenoxy) is 1. The maximum atomic E-state index is 11.6. The molecule has 6 nitrogen and oxygen atoms in total. The van der Waals surface area contributed by atoms with E-state index in [1.165, 1.54) is 0 Å². The lowest BCUT2D eigenvalue weighted by atomic mass is 10.1. The third kappa shape index (κ3) is 5.92. The van der Waals surface area contributed by atoms with Gasteiger partial charge in [-0.1, -0.05) is 13.8 Å². The smallest absolute Gasteiger partial charge is 0.314 e. The molecule has 0 saturated heterocycles. The molecular formula is C13H24N2O4. The third-order valence-corrected chi connectivity index (χ3v) is 3.52. The van der Waals surface area contributed by atoms with Crippen LogP contribution >= 0.6 is 0 Å². The first-order chi connectivity index (χ1) is 8.85. The summed E-state index contributed by atoms with van der Waals surface area (Å²) < 4.78 is 5.25. The number of hydrogen-bond acceptors (Lipinski definition) is 3. The molecule has 2 unspecified atom stereocenters. The Labute approximate surface area is 113 Å². The summed E-state index contributed by atoms with van der Waals surface area (Å²) in [7, 11) is 0. The van der Waals surface area contributed by atoms with Crippen LogP contribution in [0.1, 0.15) is 33.6 Å². The Kier molecular flexibility index (Phi) is 5.60. The molecular weight excluding hydrogens is 248 g/mol. The predicted octanol–water partition coefficient (Wildman–Crippen LogP) is 1.21. The number of urea groups is 1. The minimum atomic E-state index is -0.930. The largest absolute Gasteiger partial charge is 0.481 e. The van der Waals surface area contributed by atoms with Crippen molar-refractivity contribution in [2.24, 2.45) is 11.3 Å². The molecule has 0 radical (unpaired) electrons. The van der Waals surface area contributed by atoms with Gasteiger partial charge in [-0.05, 0) is 24.7 Å². The van der Waals surface area contributed by atoms with Gasteiger partial charge in [0.25, 0.3) is 0 Å². The van der Waals surface area contributed by atoms with Crippen molar-refractivity contribution in [1.82, 2.24) is 10.6 Å². The number of carbonyl (C=O) groups excluding carboxylic acids is 1. The summed E-state index contributed by atoms with van der Waals surface area (Å²) in [5.74, 6) is -0.389. The van der Waals surface area contributed by atoms with Crippen molar-refractivity contribution in [3.05, 3.63) is 0 Å². The van der Waals surface area contributed by atoms with Gasteiger partial charge in [-0.2, -0.15) is 0 Å². The maximum Gasteiger partial charge on any atom is 0.314 e. The monoisotopic (exact) mass is 272 g/mol. The molecule has 0 aromatic carbocycles. The topological polar surface area (TPSA) is 87.7 Å². The van der Waals surface area contributed by atoms with Gasteiger partial charge in [0.05, 0.1) is 12.5 Å². The second-order valence-electron chi connectivity index (χ2n) is 5.66. The summed E-state index contributed by atoms with van der Waals surface area (Å²) in [5, 5.41) is 14.2. The summed E-state index contributed by atoms with van der Waals surface area (Å²) in [5.41, 5.74) is 0.338.